The van der Waals surface area contributed by atoms with Gasteiger partial charge >= 0.3 is 11.9 Å². The quantitative estimate of drug-likeness (QED) is 0.393. The number of para-hydroxylation sites is 1. The smallest absolute Gasteiger partial charge is 0.329 e. The Morgan fingerprint density at radius 3 is 2.49 bits per heavy atom. The van der Waals surface area contributed by atoms with Crippen LogP contribution in [0.3, 0.4) is 0 Å². The summed E-state index contributed by atoms with van der Waals surface area (Å²) in [6, 6.07) is 16.1. The summed E-state index contributed by atoms with van der Waals surface area (Å²) in [4.78, 5) is 42.3. The van der Waals surface area contributed by atoms with Gasteiger partial charge in [0.1, 0.15) is 29.8 Å². The summed E-state index contributed by atoms with van der Waals surface area (Å²) in [5.74, 6) is -1.73. The van der Waals surface area contributed by atoms with Crippen LogP contribution in [0.25, 0.3) is 0 Å². The van der Waals surface area contributed by atoms with Gasteiger partial charge in [0, 0.05) is 25.1 Å². The highest BCUT2D eigenvalue weighted by Crippen LogP contribution is 2.31. The Labute approximate surface area is 238 Å². The van der Waals surface area contributed by atoms with Gasteiger partial charge in [0.25, 0.3) is 5.91 Å². The maximum Gasteiger partial charge on any atom is 0.329 e. The fourth-order valence-corrected chi connectivity index (χ4v) is 4.92. The molecule has 0 bridgehead atoms. The number of cyclic esters (lactones) is 1. The molecule has 1 aliphatic heterocycles. The number of amides is 1. The standard InChI is InChI=1S/C31H33FN2O7/c1-19-28(41-24-9-5-4-6-10-24)22(18-21-12-14-23(32)15-13-21)8-7-11-25(31(37)39-19)34-30(36)27-29(40-20(2)35)26(38-3)16-17-33-27/h4-6,9-10,12-17,19,22,25,28H,7-8,11,18H2,1-3H3,(H,34,36)/t19-,22+,25-,28-/m0/s1. The monoisotopic (exact) mass is 564 g/mol. The van der Waals surface area contributed by atoms with E-state index in [0.29, 0.717) is 31.4 Å². The second kappa shape index (κ2) is 13.7. The van der Waals surface area contributed by atoms with Crippen LogP contribution in [0.1, 0.15) is 49.2 Å². The molecule has 1 aromatic heterocycles. The van der Waals surface area contributed by atoms with E-state index in [1.807, 2.05) is 30.3 Å². The number of pyridine rings is 1. The lowest BCUT2D eigenvalue weighted by molar-refractivity contribution is -0.156. The molecule has 1 amide bonds. The number of nitrogens with zero attached hydrogens (tertiary/aromatic N) is 1. The number of carbonyl (C=O) groups is 3. The molecule has 4 atom stereocenters. The molecule has 0 saturated carbocycles. The minimum Gasteiger partial charge on any atom is -0.493 e. The third kappa shape index (κ3) is 7.81. The number of nitrogens with one attached hydrogen (secondary N) is 1. The Kier molecular flexibility index (Phi) is 9.89. The highest BCUT2D eigenvalue weighted by Gasteiger charge is 2.36. The van der Waals surface area contributed by atoms with E-state index in [2.05, 4.69) is 10.3 Å². The molecule has 1 saturated heterocycles. The number of hydrogen-bond donors (Lipinski definition) is 1. The van der Waals surface area contributed by atoms with Crippen LogP contribution in [-0.4, -0.2) is 48.2 Å². The number of aromatic nitrogens is 1. The molecular formula is C31H33FN2O7. The molecule has 216 valence electrons. The minimum atomic E-state index is -0.981. The lowest BCUT2D eigenvalue weighted by Gasteiger charge is -2.31. The van der Waals surface area contributed by atoms with Gasteiger partial charge in [0.05, 0.1) is 7.11 Å². The van der Waals surface area contributed by atoms with Crippen LogP contribution in [0, 0.1) is 11.7 Å². The summed E-state index contributed by atoms with van der Waals surface area (Å²) in [7, 11) is 1.37. The van der Waals surface area contributed by atoms with Crippen molar-refractivity contribution in [1.82, 2.24) is 10.3 Å². The molecule has 10 heteroatoms. The average molecular weight is 565 g/mol. The van der Waals surface area contributed by atoms with Gasteiger partial charge in [-0.1, -0.05) is 36.8 Å². The molecule has 0 unspecified atom stereocenters. The van der Waals surface area contributed by atoms with Crippen LogP contribution in [0.15, 0.2) is 66.9 Å². The molecule has 1 aliphatic rings. The molecule has 0 aliphatic carbocycles. The Hall–Kier alpha value is -4.47. The molecule has 0 radical (unpaired) electrons. The van der Waals surface area contributed by atoms with E-state index in [1.54, 1.807) is 19.1 Å². The van der Waals surface area contributed by atoms with Gasteiger partial charge in [-0.05, 0) is 56.0 Å². The predicted molar refractivity (Wildman–Crippen MR) is 147 cm³/mol. The van der Waals surface area contributed by atoms with E-state index in [4.69, 9.17) is 18.9 Å². The number of hydrogen-bond acceptors (Lipinski definition) is 8. The van der Waals surface area contributed by atoms with Crippen molar-refractivity contribution in [2.45, 2.75) is 57.8 Å². The molecule has 9 nitrogen and oxygen atoms in total. The van der Waals surface area contributed by atoms with Crippen LogP contribution in [0.5, 0.6) is 17.2 Å². The van der Waals surface area contributed by atoms with Crippen molar-refractivity contribution >= 4 is 17.8 Å². The highest BCUT2D eigenvalue weighted by atomic mass is 19.1. The highest BCUT2D eigenvalue weighted by molar-refractivity contribution is 5.98. The number of halogens is 1. The largest absolute Gasteiger partial charge is 0.493 e. The summed E-state index contributed by atoms with van der Waals surface area (Å²) in [6.07, 6.45) is 2.26. The number of ether oxygens (including phenoxy) is 4. The van der Waals surface area contributed by atoms with Gasteiger partial charge < -0.3 is 24.3 Å². The van der Waals surface area contributed by atoms with E-state index in [-0.39, 0.29) is 28.9 Å². The number of esters is 2. The Morgan fingerprint density at radius 2 is 1.80 bits per heavy atom. The molecule has 41 heavy (non-hydrogen) atoms. The molecule has 1 N–H and O–H groups in total. The second-order valence-electron chi connectivity index (χ2n) is 9.87. The van der Waals surface area contributed by atoms with Gasteiger partial charge in [-0.15, -0.1) is 0 Å². The van der Waals surface area contributed by atoms with E-state index < -0.39 is 36.1 Å². The molecule has 2 heterocycles. The van der Waals surface area contributed by atoms with Crippen molar-refractivity contribution in [3.05, 3.63) is 83.9 Å². The van der Waals surface area contributed by atoms with Crippen molar-refractivity contribution in [2.24, 2.45) is 5.92 Å². The summed E-state index contributed by atoms with van der Waals surface area (Å²) in [6.45, 7) is 2.96. The lowest BCUT2D eigenvalue weighted by Crippen LogP contribution is -2.45. The van der Waals surface area contributed by atoms with Crippen molar-refractivity contribution in [3.63, 3.8) is 0 Å². The van der Waals surface area contributed by atoms with E-state index >= 15 is 0 Å². The van der Waals surface area contributed by atoms with E-state index in [0.717, 1.165) is 5.56 Å². The van der Waals surface area contributed by atoms with Gasteiger partial charge in [0.15, 0.2) is 11.4 Å². The van der Waals surface area contributed by atoms with Crippen LogP contribution >= 0.6 is 0 Å². The van der Waals surface area contributed by atoms with Crippen LogP contribution in [0.2, 0.25) is 0 Å². The summed E-state index contributed by atoms with van der Waals surface area (Å²) >= 11 is 0. The summed E-state index contributed by atoms with van der Waals surface area (Å²) in [5, 5.41) is 2.70. The van der Waals surface area contributed by atoms with Gasteiger partial charge in [-0.3, -0.25) is 9.59 Å². The topological polar surface area (TPSA) is 113 Å². The lowest BCUT2D eigenvalue weighted by atomic mass is 9.86. The van der Waals surface area contributed by atoms with Crippen molar-refractivity contribution < 1.29 is 37.7 Å². The van der Waals surface area contributed by atoms with Crippen molar-refractivity contribution in [1.29, 1.82) is 0 Å². The zero-order valence-electron chi connectivity index (χ0n) is 23.2. The maximum atomic E-state index is 13.6. The zero-order chi connectivity index (χ0) is 29.4. The van der Waals surface area contributed by atoms with E-state index in [9.17, 15) is 18.8 Å². The van der Waals surface area contributed by atoms with Crippen LogP contribution in [0.4, 0.5) is 4.39 Å². The molecular weight excluding hydrogens is 531 g/mol. The third-order valence-corrected chi connectivity index (χ3v) is 6.86. The van der Waals surface area contributed by atoms with Gasteiger partial charge in [-0.25, -0.2) is 14.2 Å². The van der Waals surface area contributed by atoms with Crippen molar-refractivity contribution in [2.75, 3.05) is 7.11 Å². The molecule has 0 spiro atoms. The van der Waals surface area contributed by atoms with Crippen LogP contribution < -0.4 is 19.5 Å². The number of carbonyl (C=O) groups excluding carboxylic acids is 3. The second-order valence-corrected chi connectivity index (χ2v) is 9.87. The summed E-state index contributed by atoms with van der Waals surface area (Å²) in [5.41, 5.74) is 0.738. The Morgan fingerprint density at radius 1 is 1.07 bits per heavy atom. The fourth-order valence-electron chi connectivity index (χ4n) is 4.92. The average Bonchev–Trinajstić information content (AvgIpc) is 3.00. The molecule has 2 aromatic carbocycles. The molecule has 3 aromatic rings. The Balaban J connectivity index is 1.57. The third-order valence-electron chi connectivity index (χ3n) is 6.86. The molecule has 4 rings (SSSR count). The number of benzene rings is 2. The first-order valence-corrected chi connectivity index (χ1v) is 13.4. The van der Waals surface area contributed by atoms with Crippen LogP contribution in [-0.2, 0) is 20.7 Å². The van der Waals surface area contributed by atoms with Gasteiger partial charge in [0.2, 0.25) is 5.75 Å². The summed E-state index contributed by atoms with van der Waals surface area (Å²) < 4.78 is 36.2. The normalized spacial score (nSPS) is 20.9. The maximum absolute atomic E-state index is 13.6. The Bertz CT molecular complexity index is 1350. The first-order chi connectivity index (χ1) is 19.7. The number of rotatable bonds is 8. The SMILES string of the molecule is COc1ccnc(C(=O)N[C@H]2CCC[C@H](Cc3ccc(F)cc3)[C@@H](Oc3ccccc3)[C@H](C)OC2=O)c1OC(C)=O. The van der Waals surface area contributed by atoms with E-state index in [1.165, 1.54) is 38.4 Å². The first kappa shape index (κ1) is 29.5. The minimum absolute atomic E-state index is 0.0754. The van der Waals surface area contributed by atoms with Gasteiger partial charge in [-0.2, -0.15) is 0 Å². The predicted octanol–water partition coefficient (Wildman–Crippen LogP) is 4.68. The first-order valence-electron chi connectivity index (χ1n) is 13.4. The fraction of sp³-hybridized carbons (Fsp3) is 0.355. The number of methoxy groups -OCH3 is 1. The van der Waals surface area contributed by atoms with Crippen molar-refractivity contribution in [3.8, 4) is 17.2 Å². The molecule has 1 fully saturated rings. The zero-order valence-corrected chi connectivity index (χ0v) is 23.2.